The maximum atomic E-state index is 11.9. The summed E-state index contributed by atoms with van der Waals surface area (Å²) in [6.45, 7) is 1.95. The molecule has 1 atom stereocenters. The number of carbonyl (C=O) groups is 1. The summed E-state index contributed by atoms with van der Waals surface area (Å²) in [5.74, 6) is 0.0393. The van der Waals surface area contributed by atoms with Crippen LogP contribution in [-0.2, 0) is 0 Å². The van der Waals surface area contributed by atoms with Gasteiger partial charge in [-0.05, 0) is 19.4 Å². The Hall–Kier alpha value is -1.36. The molecule has 5 nitrogen and oxygen atoms in total. The Morgan fingerprint density at radius 2 is 2.53 bits per heavy atom. The topological polar surface area (TPSA) is 61.0 Å². The molecule has 2 heterocycles. The summed E-state index contributed by atoms with van der Waals surface area (Å²) in [6.07, 6.45) is 5.41. The van der Waals surface area contributed by atoms with E-state index in [1.165, 1.54) is 0 Å². The van der Waals surface area contributed by atoms with Crippen LogP contribution in [0, 0.1) is 0 Å². The first-order chi connectivity index (χ1) is 7.29. The molecule has 0 saturated carbocycles. The van der Waals surface area contributed by atoms with E-state index in [2.05, 4.69) is 15.5 Å². The fraction of sp³-hybridized carbons (Fsp3) is 0.600. The van der Waals surface area contributed by atoms with Gasteiger partial charge >= 0.3 is 0 Å². The number of hydrogen-bond donors (Lipinski definition) is 2. The van der Waals surface area contributed by atoms with Crippen LogP contribution in [0.15, 0.2) is 12.4 Å². The maximum absolute atomic E-state index is 11.9. The zero-order valence-corrected chi connectivity index (χ0v) is 8.86. The lowest BCUT2D eigenvalue weighted by Gasteiger charge is -2.31. The van der Waals surface area contributed by atoms with Crippen molar-refractivity contribution < 1.29 is 4.79 Å². The van der Waals surface area contributed by atoms with Gasteiger partial charge in [-0.25, -0.2) is 0 Å². The summed E-state index contributed by atoms with van der Waals surface area (Å²) in [7, 11) is 1.85. The van der Waals surface area contributed by atoms with Gasteiger partial charge < -0.3 is 10.2 Å². The van der Waals surface area contributed by atoms with Crippen LogP contribution < -0.4 is 5.32 Å². The fourth-order valence-electron chi connectivity index (χ4n) is 1.90. The predicted molar refractivity (Wildman–Crippen MR) is 56.6 cm³/mol. The van der Waals surface area contributed by atoms with Crippen molar-refractivity contribution in [3.63, 3.8) is 0 Å². The summed E-state index contributed by atoms with van der Waals surface area (Å²) < 4.78 is 0. The molecule has 1 aliphatic heterocycles. The molecule has 0 aromatic carbocycles. The van der Waals surface area contributed by atoms with Gasteiger partial charge in [-0.15, -0.1) is 0 Å². The Balaban J connectivity index is 2.00. The number of aromatic amines is 1. The van der Waals surface area contributed by atoms with Gasteiger partial charge in [-0.3, -0.25) is 9.89 Å². The van der Waals surface area contributed by atoms with E-state index in [-0.39, 0.29) is 5.91 Å². The predicted octanol–water partition coefficient (Wildman–Crippen LogP) is 0.234. The molecule has 1 unspecified atom stereocenters. The highest BCUT2D eigenvalue weighted by atomic mass is 16.2. The van der Waals surface area contributed by atoms with E-state index >= 15 is 0 Å². The van der Waals surface area contributed by atoms with Crippen LogP contribution in [0.2, 0.25) is 0 Å². The zero-order valence-electron chi connectivity index (χ0n) is 8.86. The molecule has 1 fully saturated rings. The van der Waals surface area contributed by atoms with Crippen molar-refractivity contribution in [1.29, 1.82) is 0 Å². The standard InChI is InChI=1S/C10H16N4O/c1-14(9-3-2-4-11-7-9)10(15)8-5-12-13-6-8/h5-6,9,11H,2-4,7H2,1H3,(H,12,13). The summed E-state index contributed by atoms with van der Waals surface area (Å²) in [5, 5.41) is 9.74. The van der Waals surface area contributed by atoms with Gasteiger partial charge in [0.25, 0.3) is 5.91 Å². The second kappa shape index (κ2) is 4.44. The zero-order chi connectivity index (χ0) is 10.7. The third-order valence-electron chi connectivity index (χ3n) is 2.88. The second-order valence-corrected chi connectivity index (χ2v) is 3.90. The van der Waals surface area contributed by atoms with Gasteiger partial charge in [-0.2, -0.15) is 5.10 Å². The van der Waals surface area contributed by atoms with Crippen molar-refractivity contribution >= 4 is 5.91 Å². The van der Waals surface area contributed by atoms with E-state index in [0.717, 1.165) is 25.9 Å². The van der Waals surface area contributed by atoms with E-state index in [0.29, 0.717) is 11.6 Å². The van der Waals surface area contributed by atoms with Crippen LogP contribution in [0.5, 0.6) is 0 Å². The molecule has 0 spiro atoms. The van der Waals surface area contributed by atoms with Gasteiger partial charge in [-0.1, -0.05) is 0 Å². The van der Waals surface area contributed by atoms with E-state index in [9.17, 15) is 4.79 Å². The number of aromatic nitrogens is 2. The Morgan fingerprint density at radius 1 is 1.67 bits per heavy atom. The lowest BCUT2D eigenvalue weighted by atomic mass is 10.1. The maximum Gasteiger partial charge on any atom is 0.257 e. The highest BCUT2D eigenvalue weighted by Crippen LogP contribution is 2.11. The van der Waals surface area contributed by atoms with Crippen LogP contribution in [0.25, 0.3) is 0 Å². The van der Waals surface area contributed by atoms with Crippen LogP contribution in [0.4, 0.5) is 0 Å². The number of nitrogens with zero attached hydrogens (tertiary/aromatic N) is 2. The number of piperidine rings is 1. The molecule has 0 bridgehead atoms. The first-order valence-electron chi connectivity index (χ1n) is 5.25. The van der Waals surface area contributed by atoms with Crippen molar-refractivity contribution in [1.82, 2.24) is 20.4 Å². The monoisotopic (exact) mass is 208 g/mol. The molecule has 2 rings (SSSR count). The number of H-pyrrole nitrogens is 1. The molecular weight excluding hydrogens is 192 g/mol. The van der Waals surface area contributed by atoms with Gasteiger partial charge in [0.15, 0.2) is 0 Å². The molecule has 1 amide bonds. The molecule has 15 heavy (non-hydrogen) atoms. The first kappa shape index (κ1) is 10.2. The number of carbonyl (C=O) groups excluding carboxylic acids is 1. The Morgan fingerprint density at radius 3 is 3.13 bits per heavy atom. The molecule has 1 aromatic heterocycles. The third-order valence-corrected chi connectivity index (χ3v) is 2.88. The highest BCUT2D eigenvalue weighted by molar-refractivity contribution is 5.93. The van der Waals surface area contributed by atoms with Gasteiger partial charge in [0.2, 0.25) is 0 Å². The van der Waals surface area contributed by atoms with E-state index in [4.69, 9.17) is 0 Å². The van der Waals surface area contributed by atoms with E-state index < -0.39 is 0 Å². The minimum atomic E-state index is 0.0393. The Labute approximate surface area is 88.8 Å². The average Bonchev–Trinajstić information content (AvgIpc) is 2.82. The van der Waals surface area contributed by atoms with Crippen LogP contribution in [0.3, 0.4) is 0 Å². The second-order valence-electron chi connectivity index (χ2n) is 3.90. The Bertz CT molecular complexity index is 316. The van der Waals surface area contributed by atoms with Gasteiger partial charge in [0.05, 0.1) is 11.8 Å². The minimum absolute atomic E-state index is 0.0393. The first-order valence-corrected chi connectivity index (χ1v) is 5.25. The quantitative estimate of drug-likeness (QED) is 0.731. The molecule has 1 saturated heterocycles. The summed E-state index contributed by atoms with van der Waals surface area (Å²) >= 11 is 0. The largest absolute Gasteiger partial charge is 0.337 e. The summed E-state index contributed by atoms with van der Waals surface area (Å²) in [5.41, 5.74) is 0.628. The number of nitrogens with one attached hydrogen (secondary N) is 2. The van der Waals surface area contributed by atoms with Gasteiger partial charge in [0, 0.05) is 25.8 Å². The fourth-order valence-corrected chi connectivity index (χ4v) is 1.90. The number of amides is 1. The number of likely N-dealkylation sites (N-methyl/N-ethyl adjacent to an activating group) is 1. The van der Waals surface area contributed by atoms with E-state index in [1.54, 1.807) is 17.3 Å². The smallest absolute Gasteiger partial charge is 0.257 e. The van der Waals surface area contributed by atoms with Gasteiger partial charge in [0.1, 0.15) is 0 Å². The van der Waals surface area contributed by atoms with E-state index in [1.807, 2.05) is 7.05 Å². The lowest BCUT2D eigenvalue weighted by molar-refractivity contribution is 0.0708. The van der Waals surface area contributed by atoms with Crippen LogP contribution in [-0.4, -0.2) is 47.2 Å². The number of rotatable bonds is 2. The van der Waals surface area contributed by atoms with Crippen molar-refractivity contribution in [2.75, 3.05) is 20.1 Å². The summed E-state index contributed by atoms with van der Waals surface area (Å²) in [4.78, 5) is 13.7. The normalized spacial score (nSPS) is 21.3. The van der Waals surface area contributed by atoms with Crippen molar-refractivity contribution in [2.24, 2.45) is 0 Å². The van der Waals surface area contributed by atoms with Crippen LogP contribution >= 0.6 is 0 Å². The molecule has 82 valence electrons. The molecular formula is C10H16N4O. The molecule has 1 aromatic rings. The van der Waals surface area contributed by atoms with Crippen molar-refractivity contribution in [2.45, 2.75) is 18.9 Å². The molecule has 0 aliphatic carbocycles. The summed E-state index contributed by atoms with van der Waals surface area (Å²) in [6, 6.07) is 0.307. The minimum Gasteiger partial charge on any atom is -0.337 e. The SMILES string of the molecule is CN(C(=O)c1cn[nH]c1)C1CCCNC1. The number of hydrogen-bond acceptors (Lipinski definition) is 3. The molecule has 5 heteroatoms. The highest BCUT2D eigenvalue weighted by Gasteiger charge is 2.22. The van der Waals surface area contributed by atoms with Crippen molar-refractivity contribution in [3.05, 3.63) is 18.0 Å². The molecule has 2 N–H and O–H groups in total. The van der Waals surface area contributed by atoms with Crippen molar-refractivity contribution in [3.8, 4) is 0 Å². The molecule has 0 radical (unpaired) electrons. The Kier molecular flexibility index (Phi) is 3.01. The molecule has 1 aliphatic rings. The lowest BCUT2D eigenvalue weighted by Crippen LogP contribution is -2.46. The third kappa shape index (κ3) is 2.18. The van der Waals surface area contributed by atoms with Crippen LogP contribution in [0.1, 0.15) is 23.2 Å². The average molecular weight is 208 g/mol.